The first-order valence-electron chi connectivity index (χ1n) is 10.0. The molecule has 0 aliphatic carbocycles. The SMILES string of the molecule is C=C(CCCCCCCCCC)C(=O)OCC(CC)CCCC. The fourth-order valence-electron chi connectivity index (χ4n) is 2.77. The largest absolute Gasteiger partial charge is 0.462 e. The lowest BCUT2D eigenvalue weighted by Crippen LogP contribution is -2.15. The molecule has 1 atom stereocenters. The van der Waals surface area contributed by atoms with Crippen molar-refractivity contribution in [3.8, 4) is 0 Å². The van der Waals surface area contributed by atoms with E-state index < -0.39 is 0 Å². The first-order valence-corrected chi connectivity index (χ1v) is 10.0. The van der Waals surface area contributed by atoms with E-state index in [0.29, 0.717) is 18.1 Å². The maximum Gasteiger partial charge on any atom is 0.333 e. The van der Waals surface area contributed by atoms with Gasteiger partial charge in [0.15, 0.2) is 0 Å². The average Bonchev–Trinajstić information content (AvgIpc) is 2.57. The average molecular weight is 325 g/mol. The summed E-state index contributed by atoms with van der Waals surface area (Å²) in [6.45, 7) is 11.1. The lowest BCUT2D eigenvalue weighted by atomic mass is 10.0. The van der Waals surface area contributed by atoms with Crippen molar-refractivity contribution in [2.45, 2.75) is 104 Å². The van der Waals surface area contributed by atoms with Crippen molar-refractivity contribution in [2.75, 3.05) is 6.61 Å². The highest BCUT2D eigenvalue weighted by molar-refractivity contribution is 5.87. The highest BCUT2D eigenvalue weighted by Gasteiger charge is 2.12. The quantitative estimate of drug-likeness (QED) is 0.177. The van der Waals surface area contributed by atoms with Gasteiger partial charge in [-0.3, -0.25) is 0 Å². The summed E-state index contributed by atoms with van der Waals surface area (Å²) in [5.74, 6) is 0.331. The first-order chi connectivity index (χ1) is 11.2. The van der Waals surface area contributed by atoms with Crippen LogP contribution in [0.3, 0.4) is 0 Å². The molecule has 136 valence electrons. The van der Waals surface area contributed by atoms with E-state index >= 15 is 0 Å². The van der Waals surface area contributed by atoms with Gasteiger partial charge in [0.25, 0.3) is 0 Å². The van der Waals surface area contributed by atoms with Crippen LogP contribution in [0.2, 0.25) is 0 Å². The predicted molar refractivity (Wildman–Crippen MR) is 101 cm³/mol. The minimum atomic E-state index is -0.178. The van der Waals surface area contributed by atoms with Gasteiger partial charge >= 0.3 is 5.97 Å². The van der Waals surface area contributed by atoms with E-state index in [1.165, 1.54) is 57.8 Å². The van der Waals surface area contributed by atoms with Crippen molar-refractivity contribution >= 4 is 5.97 Å². The third-order valence-corrected chi connectivity index (χ3v) is 4.61. The Morgan fingerprint density at radius 1 is 0.870 bits per heavy atom. The highest BCUT2D eigenvalue weighted by atomic mass is 16.5. The molecule has 0 spiro atoms. The van der Waals surface area contributed by atoms with Gasteiger partial charge in [0.05, 0.1) is 6.61 Å². The van der Waals surface area contributed by atoms with Crippen LogP contribution in [0.15, 0.2) is 12.2 Å². The molecule has 0 rings (SSSR count). The Labute approximate surface area is 145 Å². The zero-order chi connectivity index (χ0) is 17.3. The molecule has 2 nitrogen and oxygen atoms in total. The van der Waals surface area contributed by atoms with Crippen molar-refractivity contribution in [1.82, 2.24) is 0 Å². The second-order valence-corrected chi connectivity index (χ2v) is 6.84. The second-order valence-electron chi connectivity index (χ2n) is 6.84. The number of ether oxygens (including phenoxy) is 1. The van der Waals surface area contributed by atoms with Gasteiger partial charge < -0.3 is 4.74 Å². The fraction of sp³-hybridized carbons (Fsp3) is 0.857. The van der Waals surface area contributed by atoms with Crippen LogP contribution in [0, 0.1) is 5.92 Å². The molecule has 0 radical (unpaired) electrons. The molecule has 0 aliphatic heterocycles. The molecule has 0 amide bonds. The van der Waals surface area contributed by atoms with Gasteiger partial charge in [0.1, 0.15) is 0 Å². The van der Waals surface area contributed by atoms with Gasteiger partial charge in [-0.2, -0.15) is 0 Å². The molecule has 0 fully saturated rings. The standard InChI is InChI=1S/C21H40O2/c1-5-8-10-11-12-13-14-15-16-19(4)21(22)23-18-20(7-3)17-9-6-2/h20H,4-18H2,1-3H3. The van der Waals surface area contributed by atoms with Gasteiger partial charge in [-0.05, 0) is 25.2 Å². The van der Waals surface area contributed by atoms with Crippen molar-refractivity contribution in [3.05, 3.63) is 12.2 Å². The first kappa shape index (κ1) is 22.2. The molecule has 0 aromatic heterocycles. The Morgan fingerprint density at radius 2 is 1.43 bits per heavy atom. The number of carbonyl (C=O) groups excluding carboxylic acids is 1. The van der Waals surface area contributed by atoms with E-state index in [1.807, 2.05) is 0 Å². The summed E-state index contributed by atoms with van der Waals surface area (Å²) in [7, 11) is 0. The summed E-state index contributed by atoms with van der Waals surface area (Å²) in [6.07, 6.45) is 15.7. The van der Waals surface area contributed by atoms with Crippen LogP contribution in [0.25, 0.3) is 0 Å². The number of unbranched alkanes of at least 4 members (excludes halogenated alkanes) is 8. The third kappa shape index (κ3) is 13.4. The molecule has 0 aliphatic rings. The molecule has 0 N–H and O–H groups in total. The van der Waals surface area contributed by atoms with Crippen molar-refractivity contribution < 1.29 is 9.53 Å². The summed E-state index contributed by atoms with van der Waals surface area (Å²) in [5, 5.41) is 0. The lowest BCUT2D eigenvalue weighted by molar-refractivity contribution is -0.140. The summed E-state index contributed by atoms with van der Waals surface area (Å²) in [4.78, 5) is 12.0. The molecular formula is C21H40O2. The van der Waals surface area contributed by atoms with E-state index in [2.05, 4.69) is 27.4 Å². The maximum atomic E-state index is 12.0. The Kier molecular flexibility index (Phi) is 15.5. The Morgan fingerprint density at radius 3 is 2.00 bits per heavy atom. The molecular weight excluding hydrogens is 284 g/mol. The Hall–Kier alpha value is -0.790. The monoisotopic (exact) mass is 324 g/mol. The van der Waals surface area contributed by atoms with Crippen LogP contribution < -0.4 is 0 Å². The third-order valence-electron chi connectivity index (χ3n) is 4.61. The number of carbonyl (C=O) groups is 1. The molecule has 23 heavy (non-hydrogen) atoms. The van der Waals surface area contributed by atoms with Crippen LogP contribution in [0.5, 0.6) is 0 Å². The van der Waals surface area contributed by atoms with E-state index in [1.54, 1.807) is 0 Å². The van der Waals surface area contributed by atoms with Gasteiger partial charge in [0.2, 0.25) is 0 Å². The summed E-state index contributed by atoms with van der Waals surface area (Å²) in [6, 6.07) is 0. The highest BCUT2D eigenvalue weighted by Crippen LogP contribution is 2.16. The predicted octanol–water partition coefficient (Wildman–Crippen LogP) is 6.83. The van der Waals surface area contributed by atoms with Crippen molar-refractivity contribution in [1.29, 1.82) is 0 Å². The smallest absolute Gasteiger partial charge is 0.333 e. The molecule has 0 saturated carbocycles. The number of esters is 1. The zero-order valence-corrected chi connectivity index (χ0v) is 16.0. The van der Waals surface area contributed by atoms with Crippen LogP contribution >= 0.6 is 0 Å². The van der Waals surface area contributed by atoms with Crippen molar-refractivity contribution in [3.63, 3.8) is 0 Å². The lowest BCUT2D eigenvalue weighted by Gasteiger charge is -2.15. The minimum absolute atomic E-state index is 0.178. The topological polar surface area (TPSA) is 26.3 Å². The van der Waals surface area contributed by atoms with Crippen LogP contribution in [-0.2, 0) is 9.53 Å². The van der Waals surface area contributed by atoms with Gasteiger partial charge in [0, 0.05) is 5.57 Å². The molecule has 0 heterocycles. The summed E-state index contributed by atoms with van der Waals surface area (Å²) < 4.78 is 5.44. The van der Waals surface area contributed by atoms with E-state index in [0.717, 1.165) is 25.7 Å². The Bertz CT molecular complexity index is 296. The van der Waals surface area contributed by atoms with E-state index in [-0.39, 0.29) is 5.97 Å². The van der Waals surface area contributed by atoms with Crippen LogP contribution in [0.1, 0.15) is 104 Å². The van der Waals surface area contributed by atoms with Crippen LogP contribution in [0.4, 0.5) is 0 Å². The summed E-state index contributed by atoms with van der Waals surface area (Å²) in [5.41, 5.74) is 0.654. The molecule has 0 aromatic carbocycles. The minimum Gasteiger partial charge on any atom is -0.462 e. The molecule has 1 unspecified atom stereocenters. The normalized spacial score (nSPS) is 12.1. The zero-order valence-electron chi connectivity index (χ0n) is 16.0. The molecule has 0 saturated heterocycles. The van der Waals surface area contributed by atoms with Crippen molar-refractivity contribution in [2.24, 2.45) is 5.92 Å². The molecule has 2 heteroatoms. The number of rotatable bonds is 16. The Balaban J connectivity index is 3.63. The van der Waals surface area contributed by atoms with Gasteiger partial charge in [-0.1, -0.05) is 91.6 Å². The van der Waals surface area contributed by atoms with E-state index in [9.17, 15) is 4.79 Å². The number of hydrogen-bond donors (Lipinski definition) is 0. The van der Waals surface area contributed by atoms with Gasteiger partial charge in [-0.15, -0.1) is 0 Å². The molecule has 0 bridgehead atoms. The summed E-state index contributed by atoms with van der Waals surface area (Å²) >= 11 is 0. The van der Waals surface area contributed by atoms with Crippen LogP contribution in [-0.4, -0.2) is 12.6 Å². The van der Waals surface area contributed by atoms with E-state index in [4.69, 9.17) is 4.74 Å². The maximum absolute atomic E-state index is 12.0. The second kappa shape index (κ2) is 16.1. The fourth-order valence-corrected chi connectivity index (χ4v) is 2.77. The van der Waals surface area contributed by atoms with Gasteiger partial charge in [-0.25, -0.2) is 4.79 Å². The molecule has 0 aromatic rings. The number of hydrogen-bond acceptors (Lipinski definition) is 2.